The number of carbonyl (C=O) groups excluding carboxylic acids is 2. The zero-order chi connectivity index (χ0) is 15.3. The minimum Gasteiger partial charge on any atom is -0.460 e. The number of carbonyl (C=O) groups is 2. The van der Waals surface area contributed by atoms with Crippen LogP contribution in [0.4, 0.5) is 5.69 Å². The molecule has 0 atom stereocenters. The molecular weight excluding hydrogens is 346 g/mol. The number of rotatable bonds is 4. The van der Waals surface area contributed by atoms with Crippen molar-refractivity contribution < 1.29 is 14.3 Å². The third-order valence-electron chi connectivity index (χ3n) is 2.18. The molecule has 0 spiro atoms. The van der Waals surface area contributed by atoms with Gasteiger partial charge in [-0.15, -0.1) is 0 Å². The number of halogens is 2. The Hall–Kier alpha value is -1.07. The summed E-state index contributed by atoms with van der Waals surface area (Å²) in [6.07, 6.45) is 0.121. The Morgan fingerprint density at radius 1 is 1.30 bits per heavy atom. The maximum atomic E-state index is 11.7. The summed E-state index contributed by atoms with van der Waals surface area (Å²) in [5, 5.41) is 3.19. The lowest BCUT2D eigenvalue weighted by atomic mass is 10.2. The number of amides is 1. The van der Waals surface area contributed by atoms with Crippen molar-refractivity contribution in [1.82, 2.24) is 0 Å². The van der Waals surface area contributed by atoms with E-state index in [0.29, 0.717) is 10.7 Å². The second-order valence-electron chi connectivity index (χ2n) is 5.26. The van der Waals surface area contributed by atoms with Gasteiger partial charge in [-0.1, -0.05) is 11.6 Å². The molecule has 0 unspecified atom stereocenters. The minimum atomic E-state index is -0.535. The molecule has 20 heavy (non-hydrogen) atoms. The summed E-state index contributed by atoms with van der Waals surface area (Å²) >= 11 is 9.19. The zero-order valence-corrected chi connectivity index (χ0v) is 14.0. The second kappa shape index (κ2) is 7.09. The Bertz CT molecular complexity index is 512. The van der Waals surface area contributed by atoms with Crippen molar-refractivity contribution >= 4 is 45.1 Å². The molecule has 0 fully saturated rings. The van der Waals surface area contributed by atoms with Crippen LogP contribution < -0.4 is 5.32 Å². The van der Waals surface area contributed by atoms with Gasteiger partial charge in [-0.05, 0) is 54.9 Å². The van der Waals surface area contributed by atoms with Crippen molar-refractivity contribution in [2.24, 2.45) is 0 Å². The fourth-order valence-corrected chi connectivity index (χ4v) is 1.83. The van der Waals surface area contributed by atoms with Crippen LogP contribution in [0.25, 0.3) is 0 Å². The quantitative estimate of drug-likeness (QED) is 0.818. The molecule has 0 heterocycles. The molecule has 110 valence electrons. The van der Waals surface area contributed by atoms with Crippen molar-refractivity contribution in [3.8, 4) is 0 Å². The summed E-state index contributed by atoms with van der Waals surface area (Å²) in [5.41, 5.74) is 0.0552. The van der Waals surface area contributed by atoms with E-state index in [9.17, 15) is 9.59 Å². The molecule has 1 rings (SSSR count). The topological polar surface area (TPSA) is 55.4 Å². The number of ether oxygens (including phenoxy) is 1. The molecule has 0 aliphatic carbocycles. The van der Waals surface area contributed by atoms with Crippen LogP contribution in [0.3, 0.4) is 0 Å². The first-order chi connectivity index (χ1) is 9.17. The van der Waals surface area contributed by atoms with E-state index in [0.717, 1.165) is 4.47 Å². The van der Waals surface area contributed by atoms with Gasteiger partial charge in [-0.25, -0.2) is 0 Å². The molecule has 0 saturated carbocycles. The maximum absolute atomic E-state index is 11.7. The monoisotopic (exact) mass is 361 g/mol. The number of anilines is 1. The second-order valence-corrected chi connectivity index (χ2v) is 6.53. The highest BCUT2D eigenvalue weighted by Crippen LogP contribution is 2.25. The van der Waals surface area contributed by atoms with Crippen LogP contribution in [0, 0.1) is 0 Å². The van der Waals surface area contributed by atoms with Crippen molar-refractivity contribution in [2.75, 3.05) is 5.32 Å². The molecule has 0 aromatic heterocycles. The lowest BCUT2D eigenvalue weighted by Crippen LogP contribution is -2.24. The third kappa shape index (κ3) is 6.39. The number of hydrogen-bond acceptors (Lipinski definition) is 3. The van der Waals surface area contributed by atoms with E-state index in [2.05, 4.69) is 21.2 Å². The predicted octanol–water partition coefficient (Wildman–Crippen LogP) is 4.16. The summed E-state index contributed by atoms with van der Waals surface area (Å²) in [5.74, 6) is -0.643. The summed E-state index contributed by atoms with van der Waals surface area (Å²) in [4.78, 5) is 23.2. The molecule has 0 aliphatic rings. The summed E-state index contributed by atoms with van der Waals surface area (Å²) in [6, 6.07) is 5.10. The first kappa shape index (κ1) is 17.0. The molecule has 4 nitrogen and oxygen atoms in total. The molecule has 0 radical (unpaired) electrons. The van der Waals surface area contributed by atoms with Gasteiger partial charge in [-0.2, -0.15) is 0 Å². The van der Waals surface area contributed by atoms with E-state index >= 15 is 0 Å². The Labute approximate surface area is 132 Å². The van der Waals surface area contributed by atoms with E-state index in [1.807, 2.05) is 0 Å². The molecule has 1 aromatic carbocycles. The molecule has 1 N–H and O–H groups in total. The Morgan fingerprint density at radius 2 is 1.95 bits per heavy atom. The maximum Gasteiger partial charge on any atom is 0.306 e. The standard InChI is InChI=1S/C14H17BrClNO3/c1-14(2,3)20-13(19)7-6-12(18)17-9-4-5-10(15)11(16)8-9/h4-5,8H,6-7H2,1-3H3,(H,17,18). The van der Waals surface area contributed by atoms with Crippen LogP contribution in [-0.4, -0.2) is 17.5 Å². The van der Waals surface area contributed by atoms with E-state index in [1.165, 1.54) is 0 Å². The van der Waals surface area contributed by atoms with Crippen LogP contribution in [0.2, 0.25) is 5.02 Å². The van der Waals surface area contributed by atoms with Crippen molar-refractivity contribution in [1.29, 1.82) is 0 Å². The summed E-state index contributed by atoms with van der Waals surface area (Å²) in [6.45, 7) is 5.36. The van der Waals surface area contributed by atoms with Crippen LogP contribution >= 0.6 is 27.5 Å². The average Bonchev–Trinajstić information content (AvgIpc) is 2.29. The van der Waals surface area contributed by atoms with Crippen LogP contribution in [0.15, 0.2) is 22.7 Å². The fraction of sp³-hybridized carbons (Fsp3) is 0.429. The van der Waals surface area contributed by atoms with Crippen LogP contribution in [-0.2, 0) is 14.3 Å². The summed E-state index contributed by atoms with van der Waals surface area (Å²) in [7, 11) is 0. The number of nitrogens with one attached hydrogen (secondary N) is 1. The van der Waals surface area contributed by atoms with Gasteiger partial charge in [0.25, 0.3) is 0 Å². The van der Waals surface area contributed by atoms with Gasteiger partial charge < -0.3 is 10.1 Å². The van der Waals surface area contributed by atoms with Crippen LogP contribution in [0.1, 0.15) is 33.6 Å². The van der Waals surface area contributed by atoms with Gasteiger partial charge in [0.2, 0.25) is 5.91 Å². The highest BCUT2D eigenvalue weighted by molar-refractivity contribution is 9.10. The highest BCUT2D eigenvalue weighted by atomic mass is 79.9. The molecule has 0 saturated heterocycles. The van der Waals surface area contributed by atoms with Gasteiger partial charge in [-0.3, -0.25) is 9.59 Å². The number of esters is 1. The molecule has 1 amide bonds. The first-order valence-corrected chi connectivity index (χ1v) is 7.31. The van der Waals surface area contributed by atoms with Gasteiger partial charge in [0.1, 0.15) is 5.60 Å². The number of hydrogen-bond donors (Lipinski definition) is 1. The largest absolute Gasteiger partial charge is 0.460 e. The minimum absolute atomic E-state index is 0.0490. The van der Waals surface area contributed by atoms with Gasteiger partial charge in [0.15, 0.2) is 0 Å². The van der Waals surface area contributed by atoms with Gasteiger partial charge in [0, 0.05) is 16.6 Å². The van der Waals surface area contributed by atoms with Crippen molar-refractivity contribution in [3.05, 3.63) is 27.7 Å². The Kier molecular flexibility index (Phi) is 6.02. The number of benzene rings is 1. The van der Waals surface area contributed by atoms with Crippen molar-refractivity contribution in [3.63, 3.8) is 0 Å². The molecule has 1 aromatic rings. The van der Waals surface area contributed by atoms with Crippen LogP contribution in [0.5, 0.6) is 0 Å². The van der Waals surface area contributed by atoms with Crippen molar-refractivity contribution in [2.45, 2.75) is 39.2 Å². The smallest absolute Gasteiger partial charge is 0.306 e. The first-order valence-electron chi connectivity index (χ1n) is 6.14. The van der Waals surface area contributed by atoms with Gasteiger partial charge >= 0.3 is 5.97 Å². The van der Waals surface area contributed by atoms with E-state index in [-0.39, 0.29) is 24.7 Å². The van der Waals surface area contributed by atoms with E-state index < -0.39 is 5.60 Å². The fourth-order valence-electron chi connectivity index (χ4n) is 1.41. The van der Waals surface area contributed by atoms with E-state index in [4.69, 9.17) is 16.3 Å². The summed E-state index contributed by atoms with van der Waals surface area (Å²) < 4.78 is 5.88. The predicted molar refractivity (Wildman–Crippen MR) is 82.9 cm³/mol. The molecule has 6 heteroatoms. The highest BCUT2D eigenvalue weighted by Gasteiger charge is 2.17. The molecule has 0 aliphatic heterocycles. The zero-order valence-electron chi connectivity index (χ0n) is 11.6. The SMILES string of the molecule is CC(C)(C)OC(=O)CCC(=O)Nc1ccc(Br)c(Cl)c1. The van der Waals surface area contributed by atoms with Gasteiger partial charge in [0.05, 0.1) is 11.4 Å². The Morgan fingerprint density at radius 3 is 2.50 bits per heavy atom. The lowest BCUT2D eigenvalue weighted by Gasteiger charge is -2.19. The lowest BCUT2D eigenvalue weighted by molar-refractivity contribution is -0.155. The Balaban J connectivity index is 2.44. The normalized spacial score (nSPS) is 11.1. The third-order valence-corrected chi connectivity index (χ3v) is 3.41. The van der Waals surface area contributed by atoms with E-state index in [1.54, 1.807) is 39.0 Å². The molecule has 0 bridgehead atoms. The average molecular weight is 363 g/mol. The molecular formula is C14H17BrClNO3.